The molecule has 1 aliphatic heterocycles. The second kappa shape index (κ2) is 5.51. The minimum absolute atomic E-state index is 0.000579. The number of carboxylic acid groups (broad SMARTS) is 1. The minimum Gasteiger partial charge on any atom is -0.478 e. The first-order valence-electron chi connectivity index (χ1n) is 6.16. The van der Waals surface area contributed by atoms with Crippen LogP contribution in [0.3, 0.4) is 0 Å². The van der Waals surface area contributed by atoms with Gasteiger partial charge in [-0.2, -0.15) is 13.2 Å². The number of anilines is 1. The highest BCUT2D eigenvalue weighted by atomic mass is 19.4. The van der Waals surface area contributed by atoms with Crippen molar-refractivity contribution < 1.29 is 32.2 Å². The molecule has 1 unspecified atom stereocenters. The minimum atomic E-state index is -4.52. The van der Waals surface area contributed by atoms with E-state index in [0.717, 1.165) is 11.0 Å². The quantitative estimate of drug-likeness (QED) is 0.853. The molecule has 0 spiro atoms. The largest absolute Gasteiger partial charge is 0.478 e. The number of hydrogen-bond acceptors (Lipinski definition) is 3. The van der Waals surface area contributed by atoms with Gasteiger partial charge in [0.15, 0.2) is 0 Å². The molecule has 1 aliphatic rings. The molecule has 1 aromatic rings. The molecule has 116 valence electrons. The number of ether oxygens (including phenoxy) is 1. The van der Waals surface area contributed by atoms with Gasteiger partial charge in [0.2, 0.25) is 0 Å². The molecule has 0 aromatic heterocycles. The molecule has 1 heterocycles. The molecule has 1 atom stereocenters. The molecule has 21 heavy (non-hydrogen) atoms. The molecule has 0 bridgehead atoms. The Kier molecular flexibility index (Phi) is 4.08. The topological polar surface area (TPSA) is 49.8 Å². The van der Waals surface area contributed by atoms with E-state index in [4.69, 9.17) is 9.84 Å². The molecule has 8 heteroatoms. The van der Waals surface area contributed by atoms with Gasteiger partial charge in [0, 0.05) is 12.2 Å². The molecule has 0 aliphatic carbocycles. The molecule has 1 fully saturated rings. The van der Waals surface area contributed by atoms with Crippen LogP contribution in [0, 0.1) is 12.7 Å². The zero-order valence-corrected chi connectivity index (χ0v) is 11.1. The van der Waals surface area contributed by atoms with E-state index in [2.05, 4.69) is 0 Å². The van der Waals surface area contributed by atoms with Crippen molar-refractivity contribution in [2.75, 3.05) is 24.7 Å². The van der Waals surface area contributed by atoms with E-state index < -0.39 is 36.2 Å². The lowest BCUT2D eigenvalue weighted by Gasteiger charge is -2.38. The van der Waals surface area contributed by atoms with E-state index in [1.54, 1.807) is 0 Å². The van der Waals surface area contributed by atoms with E-state index in [9.17, 15) is 22.4 Å². The number of benzene rings is 1. The van der Waals surface area contributed by atoms with Crippen LogP contribution in [0.4, 0.5) is 23.2 Å². The third-order valence-electron chi connectivity index (χ3n) is 3.32. The van der Waals surface area contributed by atoms with Gasteiger partial charge < -0.3 is 14.7 Å². The number of morpholine rings is 1. The SMILES string of the molecule is Cc1cc(N2CCOCC2C(F)(F)F)cc(F)c1C(=O)O. The number of carbonyl (C=O) groups is 1. The summed E-state index contributed by atoms with van der Waals surface area (Å²) in [5.74, 6) is -2.50. The van der Waals surface area contributed by atoms with Gasteiger partial charge >= 0.3 is 12.1 Å². The van der Waals surface area contributed by atoms with Crippen molar-refractivity contribution >= 4 is 11.7 Å². The fraction of sp³-hybridized carbons (Fsp3) is 0.462. The maximum atomic E-state index is 13.8. The highest BCUT2D eigenvalue weighted by molar-refractivity contribution is 5.90. The van der Waals surface area contributed by atoms with Crippen molar-refractivity contribution in [1.29, 1.82) is 0 Å². The predicted molar refractivity (Wildman–Crippen MR) is 66.1 cm³/mol. The van der Waals surface area contributed by atoms with Crippen LogP contribution in [-0.4, -0.2) is 43.1 Å². The Morgan fingerprint density at radius 3 is 2.62 bits per heavy atom. The van der Waals surface area contributed by atoms with Gasteiger partial charge in [-0.05, 0) is 24.6 Å². The first-order chi connectivity index (χ1) is 9.71. The lowest BCUT2D eigenvalue weighted by atomic mass is 10.1. The molecule has 0 amide bonds. The van der Waals surface area contributed by atoms with Gasteiger partial charge in [-0.15, -0.1) is 0 Å². The van der Waals surface area contributed by atoms with Gasteiger partial charge in [0.05, 0.1) is 18.8 Å². The Balaban J connectivity index is 2.43. The summed E-state index contributed by atoms with van der Waals surface area (Å²) in [4.78, 5) is 11.9. The normalized spacial score (nSPS) is 19.7. The highest BCUT2D eigenvalue weighted by Crippen LogP contribution is 2.32. The van der Waals surface area contributed by atoms with Crippen molar-refractivity contribution in [3.8, 4) is 0 Å². The molecule has 2 rings (SSSR count). The second-order valence-electron chi connectivity index (χ2n) is 4.75. The zero-order chi connectivity index (χ0) is 15.8. The first-order valence-corrected chi connectivity index (χ1v) is 6.16. The number of halogens is 4. The number of rotatable bonds is 2. The fourth-order valence-corrected chi connectivity index (χ4v) is 2.35. The Morgan fingerprint density at radius 2 is 2.10 bits per heavy atom. The van der Waals surface area contributed by atoms with Gasteiger partial charge in [0.25, 0.3) is 0 Å². The van der Waals surface area contributed by atoms with E-state index >= 15 is 0 Å². The third kappa shape index (κ3) is 3.10. The number of carboxylic acids is 1. The summed E-state index contributed by atoms with van der Waals surface area (Å²) < 4.78 is 57.6. The summed E-state index contributed by atoms with van der Waals surface area (Å²) >= 11 is 0. The standard InChI is InChI=1S/C13H13F4NO3/c1-7-4-8(5-9(14)11(7)12(19)20)18-2-3-21-6-10(18)13(15,16)17/h4-5,10H,2-3,6H2,1H3,(H,19,20). The average Bonchev–Trinajstić information content (AvgIpc) is 2.36. The molecule has 4 nitrogen and oxygen atoms in total. The number of aromatic carboxylic acids is 1. The van der Waals surface area contributed by atoms with Crippen LogP contribution in [0.5, 0.6) is 0 Å². The van der Waals surface area contributed by atoms with Crippen molar-refractivity contribution in [3.63, 3.8) is 0 Å². The van der Waals surface area contributed by atoms with Crippen molar-refractivity contribution in [1.82, 2.24) is 0 Å². The molecule has 0 saturated carbocycles. The Hall–Kier alpha value is -1.83. The summed E-state index contributed by atoms with van der Waals surface area (Å²) in [5, 5.41) is 8.88. The predicted octanol–water partition coefficient (Wildman–Crippen LogP) is 2.60. The average molecular weight is 307 g/mol. The summed E-state index contributed by atoms with van der Waals surface area (Å²) in [6, 6.07) is 0.192. The van der Waals surface area contributed by atoms with E-state index in [1.165, 1.54) is 13.0 Å². The fourth-order valence-electron chi connectivity index (χ4n) is 2.35. The lowest BCUT2D eigenvalue weighted by molar-refractivity contribution is -0.167. The summed E-state index contributed by atoms with van der Waals surface area (Å²) in [6.45, 7) is 0.854. The number of alkyl halides is 3. The maximum Gasteiger partial charge on any atom is 0.411 e. The van der Waals surface area contributed by atoms with Gasteiger partial charge in [-0.3, -0.25) is 0 Å². The zero-order valence-electron chi connectivity index (χ0n) is 11.1. The van der Waals surface area contributed by atoms with Crippen LogP contribution in [0.2, 0.25) is 0 Å². The smallest absolute Gasteiger partial charge is 0.411 e. The van der Waals surface area contributed by atoms with Gasteiger partial charge in [-0.25, -0.2) is 9.18 Å². The molecule has 1 N–H and O–H groups in total. The second-order valence-corrected chi connectivity index (χ2v) is 4.75. The highest BCUT2D eigenvalue weighted by Gasteiger charge is 2.45. The number of hydrogen-bond donors (Lipinski definition) is 1. The molecular weight excluding hydrogens is 294 g/mol. The van der Waals surface area contributed by atoms with Gasteiger partial charge in [0.1, 0.15) is 11.9 Å². The van der Waals surface area contributed by atoms with Crippen LogP contribution in [-0.2, 0) is 4.74 Å². The Bertz CT molecular complexity index is 536. The van der Waals surface area contributed by atoms with Crippen LogP contribution < -0.4 is 4.90 Å². The van der Waals surface area contributed by atoms with Crippen molar-refractivity contribution in [3.05, 3.63) is 29.1 Å². The van der Waals surface area contributed by atoms with Crippen molar-refractivity contribution in [2.24, 2.45) is 0 Å². The lowest BCUT2D eigenvalue weighted by Crippen LogP contribution is -2.53. The van der Waals surface area contributed by atoms with E-state index in [-0.39, 0.29) is 24.4 Å². The summed E-state index contributed by atoms with van der Waals surface area (Å²) in [6.07, 6.45) is -4.52. The summed E-state index contributed by atoms with van der Waals surface area (Å²) in [5.41, 5.74) is -0.457. The Morgan fingerprint density at radius 1 is 1.43 bits per heavy atom. The monoisotopic (exact) mass is 307 g/mol. The number of nitrogens with zero attached hydrogens (tertiary/aromatic N) is 1. The van der Waals surface area contributed by atoms with Gasteiger partial charge in [-0.1, -0.05) is 0 Å². The van der Waals surface area contributed by atoms with Crippen LogP contribution >= 0.6 is 0 Å². The molecule has 1 aromatic carbocycles. The molecule has 1 saturated heterocycles. The van der Waals surface area contributed by atoms with Crippen LogP contribution in [0.15, 0.2) is 12.1 Å². The maximum absolute atomic E-state index is 13.8. The van der Waals surface area contributed by atoms with E-state index in [0.29, 0.717) is 0 Å². The number of aryl methyl sites for hydroxylation is 1. The third-order valence-corrected chi connectivity index (χ3v) is 3.32. The molecule has 0 radical (unpaired) electrons. The van der Waals surface area contributed by atoms with Crippen LogP contribution in [0.1, 0.15) is 15.9 Å². The van der Waals surface area contributed by atoms with Crippen molar-refractivity contribution in [2.45, 2.75) is 19.1 Å². The Labute approximate surface area is 117 Å². The van der Waals surface area contributed by atoms with Crippen LogP contribution in [0.25, 0.3) is 0 Å². The first kappa shape index (κ1) is 15.6. The van der Waals surface area contributed by atoms with E-state index in [1.807, 2.05) is 0 Å². The molecular formula is C13H13F4NO3. The summed E-state index contributed by atoms with van der Waals surface area (Å²) in [7, 11) is 0.